The minimum atomic E-state index is 0.892. The van der Waals surface area contributed by atoms with Crippen molar-refractivity contribution < 1.29 is 4.74 Å². The molecule has 2 rings (SSSR count). The number of morpholine rings is 1. The summed E-state index contributed by atoms with van der Waals surface area (Å²) in [6, 6.07) is 8.90. The third-order valence-corrected chi connectivity index (χ3v) is 4.41. The molecular weight excluding hydrogens is 268 g/mol. The summed E-state index contributed by atoms with van der Waals surface area (Å²) in [7, 11) is 0. The first-order valence-electron chi connectivity index (χ1n) is 7.61. The van der Waals surface area contributed by atoms with Gasteiger partial charge in [0.15, 0.2) is 0 Å². The van der Waals surface area contributed by atoms with Crippen molar-refractivity contribution in [2.24, 2.45) is 0 Å². The van der Waals surface area contributed by atoms with Crippen LogP contribution in [-0.2, 0) is 11.3 Å². The van der Waals surface area contributed by atoms with Gasteiger partial charge in [-0.3, -0.25) is 4.90 Å². The monoisotopic (exact) mass is 294 g/mol. The van der Waals surface area contributed by atoms with Crippen LogP contribution in [0.4, 0.5) is 0 Å². The largest absolute Gasteiger partial charge is 0.379 e. The summed E-state index contributed by atoms with van der Waals surface area (Å²) in [5.41, 5.74) is 1.38. The second-order valence-corrected chi connectivity index (χ2v) is 6.29. The zero-order chi connectivity index (χ0) is 14.0. The Morgan fingerprint density at radius 1 is 1.30 bits per heavy atom. The van der Waals surface area contributed by atoms with Gasteiger partial charge in [-0.15, -0.1) is 11.8 Å². The molecular formula is C16H26N2OS. The van der Waals surface area contributed by atoms with E-state index in [1.54, 1.807) is 0 Å². The summed E-state index contributed by atoms with van der Waals surface area (Å²) in [6.07, 6.45) is 1.19. The molecule has 0 spiro atoms. The summed E-state index contributed by atoms with van der Waals surface area (Å²) in [5.74, 6) is 1.16. The summed E-state index contributed by atoms with van der Waals surface area (Å²) in [4.78, 5) is 3.87. The highest BCUT2D eigenvalue weighted by molar-refractivity contribution is 7.99. The van der Waals surface area contributed by atoms with Crippen LogP contribution in [0.1, 0.15) is 18.9 Å². The lowest BCUT2D eigenvalue weighted by Crippen LogP contribution is -2.37. The van der Waals surface area contributed by atoms with Crippen molar-refractivity contribution in [3.05, 3.63) is 29.8 Å². The highest BCUT2D eigenvalue weighted by Crippen LogP contribution is 2.19. The van der Waals surface area contributed by atoms with Crippen LogP contribution in [0.25, 0.3) is 0 Å². The first-order valence-corrected chi connectivity index (χ1v) is 8.59. The van der Waals surface area contributed by atoms with E-state index in [2.05, 4.69) is 41.4 Å². The second-order valence-electron chi connectivity index (χ2n) is 5.13. The minimum Gasteiger partial charge on any atom is -0.379 e. The van der Waals surface area contributed by atoms with E-state index in [1.165, 1.54) is 16.9 Å². The van der Waals surface area contributed by atoms with E-state index in [-0.39, 0.29) is 0 Å². The first-order chi connectivity index (χ1) is 9.88. The molecule has 0 atom stereocenters. The van der Waals surface area contributed by atoms with Gasteiger partial charge in [0.1, 0.15) is 0 Å². The summed E-state index contributed by atoms with van der Waals surface area (Å²) >= 11 is 1.96. The lowest BCUT2D eigenvalue weighted by molar-refractivity contribution is 0.0410. The van der Waals surface area contributed by atoms with Crippen LogP contribution in [0.15, 0.2) is 29.2 Å². The molecule has 20 heavy (non-hydrogen) atoms. The first kappa shape index (κ1) is 15.8. The summed E-state index contributed by atoms with van der Waals surface area (Å²) < 4.78 is 5.37. The molecule has 1 aliphatic rings. The SMILES string of the molecule is CCCNCc1cccc(SCCN2CCOCC2)c1. The fourth-order valence-corrected chi connectivity index (χ4v) is 3.27. The lowest BCUT2D eigenvalue weighted by atomic mass is 10.2. The third kappa shape index (κ3) is 5.83. The molecule has 0 bridgehead atoms. The Kier molecular flexibility index (Phi) is 7.44. The normalized spacial score (nSPS) is 16.4. The Morgan fingerprint density at radius 2 is 2.15 bits per heavy atom. The van der Waals surface area contributed by atoms with E-state index in [0.29, 0.717) is 0 Å². The lowest BCUT2D eigenvalue weighted by Gasteiger charge is -2.26. The standard InChI is InChI=1S/C16H26N2OS/c1-2-6-17-14-15-4-3-5-16(13-15)20-12-9-18-7-10-19-11-8-18/h3-5,13,17H,2,6-12,14H2,1H3. The molecule has 1 aromatic carbocycles. The van der Waals surface area contributed by atoms with E-state index in [4.69, 9.17) is 4.74 Å². The Bertz CT molecular complexity index is 380. The molecule has 0 saturated carbocycles. The molecule has 0 amide bonds. The van der Waals surface area contributed by atoms with E-state index >= 15 is 0 Å². The molecule has 1 heterocycles. The van der Waals surface area contributed by atoms with Gasteiger partial charge in [0.2, 0.25) is 0 Å². The van der Waals surface area contributed by atoms with Crippen molar-refractivity contribution in [2.75, 3.05) is 45.1 Å². The molecule has 1 fully saturated rings. The van der Waals surface area contributed by atoms with Gasteiger partial charge in [-0.1, -0.05) is 19.1 Å². The van der Waals surface area contributed by atoms with Gasteiger partial charge in [-0.05, 0) is 30.7 Å². The van der Waals surface area contributed by atoms with Crippen molar-refractivity contribution in [1.82, 2.24) is 10.2 Å². The average Bonchev–Trinajstić information content (AvgIpc) is 2.49. The molecule has 1 N–H and O–H groups in total. The highest BCUT2D eigenvalue weighted by atomic mass is 32.2. The van der Waals surface area contributed by atoms with Crippen molar-refractivity contribution in [3.63, 3.8) is 0 Å². The number of benzene rings is 1. The van der Waals surface area contributed by atoms with Crippen LogP contribution < -0.4 is 5.32 Å². The molecule has 3 nitrogen and oxygen atoms in total. The zero-order valence-corrected chi connectivity index (χ0v) is 13.3. The van der Waals surface area contributed by atoms with E-state index in [0.717, 1.165) is 51.7 Å². The number of ether oxygens (including phenoxy) is 1. The smallest absolute Gasteiger partial charge is 0.0594 e. The average molecular weight is 294 g/mol. The van der Waals surface area contributed by atoms with E-state index in [9.17, 15) is 0 Å². The van der Waals surface area contributed by atoms with Gasteiger partial charge in [0.25, 0.3) is 0 Å². The molecule has 1 saturated heterocycles. The summed E-state index contributed by atoms with van der Waals surface area (Å²) in [5, 5.41) is 3.45. The fraction of sp³-hybridized carbons (Fsp3) is 0.625. The van der Waals surface area contributed by atoms with Gasteiger partial charge < -0.3 is 10.1 Å². The third-order valence-electron chi connectivity index (χ3n) is 3.43. The Balaban J connectivity index is 1.70. The zero-order valence-electron chi connectivity index (χ0n) is 12.4. The van der Waals surface area contributed by atoms with Crippen LogP contribution in [-0.4, -0.2) is 50.0 Å². The molecule has 0 unspecified atom stereocenters. The number of hydrogen-bond acceptors (Lipinski definition) is 4. The highest BCUT2D eigenvalue weighted by Gasteiger charge is 2.09. The number of nitrogens with zero attached hydrogens (tertiary/aromatic N) is 1. The number of thioether (sulfide) groups is 1. The van der Waals surface area contributed by atoms with Crippen LogP contribution >= 0.6 is 11.8 Å². The Labute approximate surface area is 127 Å². The van der Waals surface area contributed by atoms with Crippen LogP contribution in [0.5, 0.6) is 0 Å². The van der Waals surface area contributed by atoms with Gasteiger partial charge in [0.05, 0.1) is 13.2 Å². The number of rotatable bonds is 8. The van der Waals surface area contributed by atoms with Crippen LogP contribution in [0.2, 0.25) is 0 Å². The molecule has 112 valence electrons. The number of hydrogen-bond donors (Lipinski definition) is 1. The molecule has 1 aliphatic heterocycles. The van der Waals surface area contributed by atoms with Crippen LogP contribution in [0, 0.1) is 0 Å². The summed E-state index contributed by atoms with van der Waals surface area (Å²) in [6.45, 7) is 9.38. The van der Waals surface area contributed by atoms with E-state index in [1.807, 2.05) is 11.8 Å². The maximum Gasteiger partial charge on any atom is 0.0594 e. The maximum absolute atomic E-state index is 5.37. The van der Waals surface area contributed by atoms with Gasteiger partial charge in [-0.2, -0.15) is 0 Å². The van der Waals surface area contributed by atoms with Crippen molar-refractivity contribution in [3.8, 4) is 0 Å². The quantitative estimate of drug-likeness (QED) is 0.588. The molecule has 1 aromatic rings. The topological polar surface area (TPSA) is 24.5 Å². The van der Waals surface area contributed by atoms with Crippen molar-refractivity contribution >= 4 is 11.8 Å². The fourth-order valence-electron chi connectivity index (χ4n) is 2.27. The number of nitrogens with one attached hydrogen (secondary N) is 1. The second kappa shape index (κ2) is 9.40. The Hall–Kier alpha value is -0.550. The van der Waals surface area contributed by atoms with Crippen molar-refractivity contribution in [1.29, 1.82) is 0 Å². The minimum absolute atomic E-state index is 0.892. The van der Waals surface area contributed by atoms with Gasteiger partial charge >= 0.3 is 0 Å². The van der Waals surface area contributed by atoms with Crippen LogP contribution in [0.3, 0.4) is 0 Å². The Morgan fingerprint density at radius 3 is 2.95 bits per heavy atom. The van der Waals surface area contributed by atoms with E-state index < -0.39 is 0 Å². The maximum atomic E-state index is 5.37. The predicted octanol–water partition coefficient (Wildman–Crippen LogP) is 2.61. The molecule has 4 heteroatoms. The molecule has 0 aromatic heterocycles. The predicted molar refractivity (Wildman–Crippen MR) is 86.4 cm³/mol. The van der Waals surface area contributed by atoms with Gasteiger partial charge in [-0.25, -0.2) is 0 Å². The van der Waals surface area contributed by atoms with Gasteiger partial charge in [0, 0.05) is 36.8 Å². The molecule has 0 aliphatic carbocycles. The molecule has 0 radical (unpaired) electrons. The van der Waals surface area contributed by atoms with Crippen molar-refractivity contribution in [2.45, 2.75) is 24.8 Å².